The maximum absolute atomic E-state index is 5.64. The second-order valence-electron chi connectivity index (χ2n) is 5.10. The molecule has 1 heteroatoms. The average molecular weight is 188 g/mol. The van der Waals surface area contributed by atoms with Gasteiger partial charge in [-0.25, -0.2) is 0 Å². The van der Waals surface area contributed by atoms with E-state index in [1.54, 1.807) is 0 Å². The summed E-state index contributed by atoms with van der Waals surface area (Å²) in [4.78, 5) is 0. The van der Waals surface area contributed by atoms with Gasteiger partial charge >= 0.3 is 0 Å². The van der Waals surface area contributed by atoms with Crippen LogP contribution in [0, 0.1) is 5.41 Å². The third kappa shape index (κ3) is 0.956. The first-order chi connectivity index (χ1) is 6.68. The van der Waals surface area contributed by atoms with Crippen molar-refractivity contribution in [3.8, 4) is 0 Å². The Bertz CT molecular complexity index is 407. The Kier molecular flexibility index (Phi) is 1.51. The summed E-state index contributed by atoms with van der Waals surface area (Å²) >= 11 is 0. The quantitative estimate of drug-likeness (QED) is 0.606. The fraction of sp³-hybridized carbons (Fsp3) is 0.538. The minimum atomic E-state index is 0.353. The molecule has 0 aliphatic heterocycles. The molecular weight excluding hydrogens is 172 g/mol. The molecule has 3 rings (SSSR count). The molecule has 0 atom stereocenters. The summed E-state index contributed by atoms with van der Waals surface area (Å²) in [5.41, 5.74) is 4.78. The topological polar surface area (TPSA) is 13.1 Å². The second-order valence-corrected chi connectivity index (χ2v) is 5.10. The molecule has 0 saturated heterocycles. The first-order valence-electron chi connectivity index (χ1n) is 5.49. The molecule has 14 heavy (non-hydrogen) atoms. The van der Waals surface area contributed by atoms with Gasteiger partial charge in [0, 0.05) is 12.0 Å². The van der Waals surface area contributed by atoms with E-state index in [-0.39, 0.29) is 0 Å². The SMILES string of the molecule is CC1(C)CCc2occ3c2C1=CCC3. The Morgan fingerprint density at radius 3 is 3.00 bits per heavy atom. The van der Waals surface area contributed by atoms with E-state index in [9.17, 15) is 0 Å². The lowest BCUT2D eigenvalue weighted by Crippen LogP contribution is -2.22. The minimum Gasteiger partial charge on any atom is -0.468 e. The fourth-order valence-electron chi connectivity index (χ4n) is 2.78. The molecule has 1 nitrogen and oxygen atoms in total. The first kappa shape index (κ1) is 8.34. The lowest BCUT2D eigenvalue weighted by molar-refractivity contribution is 0.399. The van der Waals surface area contributed by atoms with Crippen LogP contribution in [0.25, 0.3) is 5.57 Å². The minimum absolute atomic E-state index is 0.353. The third-order valence-electron chi connectivity index (χ3n) is 3.68. The molecule has 74 valence electrons. The van der Waals surface area contributed by atoms with Crippen LogP contribution >= 0.6 is 0 Å². The highest BCUT2D eigenvalue weighted by Gasteiger charge is 2.35. The van der Waals surface area contributed by atoms with E-state index in [4.69, 9.17) is 4.42 Å². The van der Waals surface area contributed by atoms with Gasteiger partial charge in [-0.15, -0.1) is 0 Å². The van der Waals surface area contributed by atoms with Gasteiger partial charge in [0.15, 0.2) is 0 Å². The van der Waals surface area contributed by atoms with E-state index in [2.05, 4.69) is 19.9 Å². The number of rotatable bonds is 0. The zero-order valence-corrected chi connectivity index (χ0v) is 8.89. The predicted molar refractivity (Wildman–Crippen MR) is 57.1 cm³/mol. The number of furan rings is 1. The molecule has 0 amide bonds. The van der Waals surface area contributed by atoms with Gasteiger partial charge in [-0.3, -0.25) is 0 Å². The maximum atomic E-state index is 5.64. The van der Waals surface area contributed by atoms with Crippen LogP contribution in [-0.4, -0.2) is 0 Å². The van der Waals surface area contributed by atoms with Gasteiger partial charge in [-0.1, -0.05) is 19.9 Å². The lowest BCUT2D eigenvalue weighted by atomic mass is 9.69. The maximum Gasteiger partial charge on any atom is 0.111 e. The second kappa shape index (κ2) is 2.53. The van der Waals surface area contributed by atoms with Crippen LogP contribution in [-0.2, 0) is 12.8 Å². The van der Waals surface area contributed by atoms with Crippen LogP contribution in [0.3, 0.4) is 0 Å². The Labute approximate surface area is 84.8 Å². The van der Waals surface area contributed by atoms with Crippen molar-refractivity contribution in [3.05, 3.63) is 29.2 Å². The van der Waals surface area contributed by atoms with Crippen molar-refractivity contribution in [1.82, 2.24) is 0 Å². The zero-order valence-electron chi connectivity index (χ0n) is 8.89. The van der Waals surface area contributed by atoms with Crippen molar-refractivity contribution in [2.75, 3.05) is 0 Å². The van der Waals surface area contributed by atoms with Crippen LogP contribution in [0.1, 0.15) is 43.6 Å². The smallest absolute Gasteiger partial charge is 0.111 e. The van der Waals surface area contributed by atoms with E-state index in [0.29, 0.717) is 5.41 Å². The van der Waals surface area contributed by atoms with Crippen LogP contribution in [0.5, 0.6) is 0 Å². The van der Waals surface area contributed by atoms with Gasteiger partial charge < -0.3 is 4.42 Å². The number of allylic oxidation sites excluding steroid dienone is 2. The van der Waals surface area contributed by atoms with Gasteiger partial charge in [-0.05, 0) is 35.8 Å². The van der Waals surface area contributed by atoms with Crippen molar-refractivity contribution in [3.63, 3.8) is 0 Å². The normalized spacial score (nSPS) is 22.9. The third-order valence-corrected chi connectivity index (χ3v) is 3.68. The van der Waals surface area contributed by atoms with E-state index in [0.717, 1.165) is 6.42 Å². The average Bonchev–Trinajstić information content (AvgIpc) is 2.57. The van der Waals surface area contributed by atoms with Crippen molar-refractivity contribution < 1.29 is 4.42 Å². The molecule has 0 N–H and O–H groups in total. The molecule has 1 aromatic heterocycles. The fourth-order valence-corrected chi connectivity index (χ4v) is 2.78. The molecule has 2 aliphatic rings. The molecule has 1 heterocycles. The van der Waals surface area contributed by atoms with Crippen LogP contribution in [0.15, 0.2) is 16.8 Å². The number of aryl methyl sites for hydroxylation is 2. The highest BCUT2D eigenvalue weighted by Crippen LogP contribution is 2.48. The summed E-state index contributed by atoms with van der Waals surface area (Å²) < 4.78 is 5.64. The Hall–Kier alpha value is -0.980. The predicted octanol–water partition coefficient (Wildman–Crippen LogP) is 3.58. The highest BCUT2D eigenvalue weighted by molar-refractivity contribution is 5.76. The highest BCUT2D eigenvalue weighted by atomic mass is 16.3. The van der Waals surface area contributed by atoms with Crippen molar-refractivity contribution in [2.24, 2.45) is 5.41 Å². The standard InChI is InChI=1S/C13H16O/c1-13(2)7-6-11-12-9(8-14-11)4-3-5-10(12)13/h5,8H,3-4,6-7H2,1-2H3. The molecule has 0 unspecified atom stereocenters. The van der Waals surface area contributed by atoms with Gasteiger partial charge in [0.2, 0.25) is 0 Å². The molecule has 0 fully saturated rings. The van der Waals surface area contributed by atoms with Gasteiger partial charge in [0.25, 0.3) is 0 Å². The molecule has 0 spiro atoms. The van der Waals surface area contributed by atoms with Crippen LogP contribution < -0.4 is 0 Å². The van der Waals surface area contributed by atoms with Crippen LogP contribution in [0.4, 0.5) is 0 Å². The zero-order chi connectivity index (χ0) is 9.76. The molecule has 0 bridgehead atoms. The van der Waals surface area contributed by atoms with Crippen molar-refractivity contribution in [1.29, 1.82) is 0 Å². The molecular formula is C13H16O. The summed E-state index contributed by atoms with van der Waals surface area (Å²) in [7, 11) is 0. The van der Waals surface area contributed by atoms with E-state index in [1.165, 1.54) is 41.7 Å². The molecule has 0 radical (unpaired) electrons. The monoisotopic (exact) mass is 188 g/mol. The largest absolute Gasteiger partial charge is 0.468 e. The van der Waals surface area contributed by atoms with Gasteiger partial charge in [0.1, 0.15) is 5.76 Å². The van der Waals surface area contributed by atoms with Crippen LogP contribution in [0.2, 0.25) is 0 Å². The summed E-state index contributed by atoms with van der Waals surface area (Å²) in [5.74, 6) is 1.23. The van der Waals surface area contributed by atoms with E-state index in [1.807, 2.05) is 6.26 Å². The summed E-state index contributed by atoms with van der Waals surface area (Å²) in [6, 6.07) is 0. The van der Waals surface area contributed by atoms with Crippen molar-refractivity contribution in [2.45, 2.75) is 39.5 Å². The number of hydrogen-bond acceptors (Lipinski definition) is 1. The molecule has 0 saturated carbocycles. The van der Waals surface area contributed by atoms with Crippen molar-refractivity contribution >= 4 is 5.57 Å². The Balaban J connectivity index is 2.24. The first-order valence-corrected chi connectivity index (χ1v) is 5.49. The summed E-state index contributed by atoms with van der Waals surface area (Å²) in [5, 5.41) is 0. The summed E-state index contributed by atoms with van der Waals surface area (Å²) in [6.45, 7) is 4.70. The van der Waals surface area contributed by atoms with E-state index >= 15 is 0 Å². The Morgan fingerprint density at radius 1 is 1.29 bits per heavy atom. The molecule has 1 aromatic rings. The van der Waals surface area contributed by atoms with Gasteiger partial charge in [-0.2, -0.15) is 0 Å². The molecule has 2 aliphatic carbocycles. The molecule has 0 aromatic carbocycles. The number of hydrogen-bond donors (Lipinski definition) is 0. The van der Waals surface area contributed by atoms with E-state index < -0.39 is 0 Å². The summed E-state index contributed by atoms with van der Waals surface area (Å²) in [6.07, 6.45) is 9.07. The Morgan fingerprint density at radius 2 is 2.14 bits per heavy atom. The lowest BCUT2D eigenvalue weighted by Gasteiger charge is -2.34. The van der Waals surface area contributed by atoms with Gasteiger partial charge in [0.05, 0.1) is 6.26 Å².